The molecule has 1 aromatic carbocycles. The van der Waals surface area contributed by atoms with Crippen LogP contribution in [0.4, 0.5) is 0 Å². The van der Waals surface area contributed by atoms with Gasteiger partial charge in [-0.3, -0.25) is 5.10 Å². The molecule has 6 heteroatoms. The van der Waals surface area contributed by atoms with Crippen LogP contribution in [0, 0.1) is 6.92 Å². The van der Waals surface area contributed by atoms with Gasteiger partial charge in [0.2, 0.25) is 0 Å². The van der Waals surface area contributed by atoms with Gasteiger partial charge in [0.1, 0.15) is 0 Å². The lowest BCUT2D eigenvalue weighted by molar-refractivity contribution is 0.394. The molecule has 0 aliphatic carbocycles. The van der Waals surface area contributed by atoms with E-state index in [0.717, 1.165) is 24.0 Å². The molecule has 0 saturated carbocycles. The van der Waals surface area contributed by atoms with Crippen LogP contribution in [-0.4, -0.2) is 29.5 Å². The maximum absolute atomic E-state index is 12.6. The number of benzene rings is 1. The van der Waals surface area contributed by atoms with Crippen LogP contribution >= 0.6 is 0 Å². The zero-order valence-corrected chi connectivity index (χ0v) is 12.1. The highest BCUT2D eigenvalue weighted by molar-refractivity contribution is 7.89. The zero-order valence-electron chi connectivity index (χ0n) is 11.3. The van der Waals surface area contributed by atoms with Crippen molar-refractivity contribution in [1.29, 1.82) is 0 Å². The highest BCUT2D eigenvalue weighted by atomic mass is 32.2. The van der Waals surface area contributed by atoms with Crippen LogP contribution in [0.1, 0.15) is 30.0 Å². The van der Waals surface area contributed by atoms with Gasteiger partial charge in [0.25, 0.3) is 10.0 Å². The van der Waals surface area contributed by atoms with E-state index in [1.807, 2.05) is 31.2 Å². The van der Waals surface area contributed by atoms with E-state index in [1.165, 1.54) is 12.3 Å². The van der Waals surface area contributed by atoms with E-state index >= 15 is 0 Å². The molecule has 1 aromatic heterocycles. The molecule has 0 amide bonds. The molecule has 20 heavy (non-hydrogen) atoms. The number of hydrogen-bond donors (Lipinski definition) is 1. The molecule has 1 aliphatic rings. The molecular formula is C14H17N3O2S. The first kappa shape index (κ1) is 13.3. The summed E-state index contributed by atoms with van der Waals surface area (Å²) in [4.78, 5) is 0. The van der Waals surface area contributed by atoms with Gasteiger partial charge in [-0.2, -0.15) is 9.40 Å². The van der Waals surface area contributed by atoms with Crippen LogP contribution < -0.4 is 0 Å². The molecule has 1 aliphatic heterocycles. The molecular weight excluding hydrogens is 274 g/mol. The minimum atomic E-state index is -3.49. The molecule has 1 atom stereocenters. The Kier molecular flexibility index (Phi) is 3.35. The molecule has 5 nitrogen and oxygen atoms in total. The average Bonchev–Trinajstić information content (AvgIpc) is 3.11. The van der Waals surface area contributed by atoms with Gasteiger partial charge >= 0.3 is 0 Å². The first-order chi connectivity index (χ1) is 9.60. The largest absolute Gasteiger partial charge is 0.266 e. The number of aromatic amines is 1. The third-order valence-electron chi connectivity index (χ3n) is 3.81. The third kappa shape index (κ3) is 2.14. The molecule has 0 bridgehead atoms. The van der Waals surface area contributed by atoms with Crippen LogP contribution in [0.5, 0.6) is 0 Å². The van der Waals surface area contributed by atoms with E-state index in [0.29, 0.717) is 6.54 Å². The molecule has 1 saturated heterocycles. The summed E-state index contributed by atoms with van der Waals surface area (Å²) in [5.74, 6) is 0. The summed E-state index contributed by atoms with van der Waals surface area (Å²) < 4.78 is 26.9. The molecule has 2 aromatic rings. The number of rotatable bonds is 3. The molecule has 2 heterocycles. The zero-order chi connectivity index (χ0) is 14.2. The van der Waals surface area contributed by atoms with Crippen LogP contribution in [0.25, 0.3) is 0 Å². The van der Waals surface area contributed by atoms with E-state index in [4.69, 9.17) is 0 Å². The van der Waals surface area contributed by atoms with E-state index in [9.17, 15) is 8.42 Å². The lowest BCUT2D eigenvalue weighted by atomic mass is 10.0. The Bertz CT molecular complexity index is 695. The summed E-state index contributed by atoms with van der Waals surface area (Å²) in [7, 11) is -3.49. The van der Waals surface area contributed by atoms with E-state index in [1.54, 1.807) is 4.31 Å². The Morgan fingerprint density at radius 1 is 1.30 bits per heavy atom. The van der Waals surface area contributed by atoms with Gasteiger partial charge in [0.05, 0.1) is 12.2 Å². The maximum Gasteiger partial charge on any atom is 0.260 e. The molecule has 1 unspecified atom stereocenters. The lowest BCUT2D eigenvalue weighted by Crippen LogP contribution is -2.31. The second kappa shape index (κ2) is 5.03. The number of hydrogen-bond acceptors (Lipinski definition) is 3. The van der Waals surface area contributed by atoms with Crippen LogP contribution in [0.2, 0.25) is 0 Å². The van der Waals surface area contributed by atoms with Crippen LogP contribution in [0.3, 0.4) is 0 Å². The minimum Gasteiger partial charge on any atom is -0.266 e. The third-order valence-corrected chi connectivity index (χ3v) is 5.65. The molecule has 0 spiro atoms. The van der Waals surface area contributed by atoms with Crippen LogP contribution in [0.15, 0.2) is 41.6 Å². The number of aromatic nitrogens is 2. The van der Waals surface area contributed by atoms with E-state index < -0.39 is 10.0 Å². The Morgan fingerprint density at radius 3 is 2.80 bits per heavy atom. The molecule has 1 fully saturated rings. The van der Waals surface area contributed by atoms with Gasteiger partial charge in [0.15, 0.2) is 5.03 Å². The van der Waals surface area contributed by atoms with Crippen molar-refractivity contribution in [2.24, 2.45) is 0 Å². The quantitative estimate of drug-likeness (QED) is 0.943. The first-order valence-corrected chi connectivity index (χ1v) is 8.11. The Balaban J connectivity index is 2.00. The standard InChI is InChI=1S/C14H17N3O2S/c1-11-5-2-3-6-12(11)13-7-4-10-17(13)20(18,19)14-8-9-15-16-14/h2-3,5-6,8-9,13H,4,7,10H2,1H3,(H,15,16). The number of nitrogens with zero attached hydrogens (tertiary/aromatic N) is 2. The normalized spacial score (nSPS) is 20.4. The van der Waals surface area contributed by atoms with Crippen molar-refractivity contribution >= 4 is 10.0 Å². The van der Waals surface area contributed by atoms with Gasteiger partial charge in [-0.05, 0) is 37.0 Å². The number of nitrogens with one attached hydrogen (secondary N) is 1. The highest BCUT2D eigenvalue weighted by Gasteiger charge is 2.37. The molecule has 0 radical (unpaired) electrons. The van der Waals surface area contributed by atoms with E-state index in [-0.39, 0.29) is 11.1 Å². The molecule has 1 N–H and O–H groups in total. The molecule has 3 rings (SSSR count). The van der Waals surface area contributed by atoms with Crippen LogP contribution in [-0.2, 0) is 10.0 Å². The first-order valence-electron chi connectivity index (χ1n) is 6.67. The number of sulfonamides is 1. The second-order valence-electron chi connectivity index (χ2n) is 5.05. The lowest BCUT2D eigenvalue weighted by Gasteiger charge is -2.24. The fraction of sp³-hybridized carbons (Fsp3) is 0.357. The summed E-state index contributed by atoms with van der Waals surface area (Å²) in [5, 5.41) is 6.47. The van der Waals surface area contributed by atoms with Crippen molar-refractivity contribution in [3.63, 3.8) is 0 Å². The summed E-state index contributed by atoms with van der Waals surface area (Å²) >= 11 is 0. The van der Waals surface area contributed by atoms with Gasteiger partial charge in [0, 0.05) is 6.54 Å². The predicted molar refractivity (Wildman–Crippen MR) is 75.6 cm³/mol. The van der Waals surface area contributed by atoms with Gasteiger partial charge in [-0.1, -0.05) is 24.3 Å². The van der Waals surface area contributed by atoms with Crippen molar-refractivity contribution in [2.75, 3.05) is 6.54 Å². The smallest absolute Gasteiger partial charge is 0.260 e. The number of H-pyrrole nitrogens is 1. The maximum atomic E-state index is 12.6. The average molecular weight is 291 g/mol. The number of aryl methyl sites for hydroxylation is 1. The Labute approximate surface area is 118 Å². The van der Waals surface area contributed by atoms with Crippen molar-refractivity contribution < 1.29 is 8.42 Å². The van der Waals surface area contributed by atoms with E-state index in [2.05, 4.69) is 10.2 Å². The SMILES string of the molecule is Cc1ccccc1C1CCCN1S(=O)(=O)c1ccn[nH]1. The molecule has 106 valence electrons. The van der Waals surface area contributed by atoms with Crippen molar-refractivity contribution in [2.45, 2.75) is 30.8 Å². The van der Waals surface area contributed by atoms with Crippen molar-refractivity contribution in [3.8, 4) is 0 Å². The summed E-state index contributed by atoms with van der Waals surface area (Å²) in [6.07, 6.45) is 3.20. The van der Waals surface area contributed by atoms with Crippen molar-refractivity contribution in [3.05, 3.63) is 47.7 Å². The van der Waals surface area contributed by atoms with Gasteiger partial charge in [-0.15, -0.1) is 0 Å². The summed E-state index contributed by atoms with van der Waals surface area (Å²) in [6, 6.07) is 9.39. The predicted octanol–water partition coefficient (Wildman–Crippen LogP) is 2.24. The van der Waals surface area contributed by atoms with Crippen molar-refractivity contribution in [1.82, 2.24) is 14.5 Å². The van der Waals surface area contributed by atoms with Gasteiger partial charge < -0.3 is 0 Å². The topological polar surface area (TPSA) is 66.1 Å². The fourth-order valence-corrected chi connectivity index (χ4v) is 4.39. The monoisotopic (exact) mass is 291 g/mol. The Morgan fingerprint density at radius 2 is 2.10 bits per heavy atom. The second-order valence-corrected chi connectivity index (χ2v) is 6.91. The Hall–Kier alpha value is -1.66. The summed E-state index contributed by atoms with van der Waals surface area (Å²) in [6.45, 7) is 2.58. The fourth-order valence-electron chi connectivity index (χ4n) is 2.81. The summed E-state index contributed by atoms with van der Waals surface area (Å²) in [5.41, 5.74) is 2.22. The minimum absolute atomic E-state index is 0.0792. The highest BCUT2D eigenvalue weighted by Crippen LogP contribution is 2.37. The van der Waals surface area contributed by atoms with Gasteiger partial charge in [-0.25, -0.2) is 8.42 Å².